The van der Waals surface area contributed by atoms with Crippen molar-refractivity contribution in [2.24, 2.45) is 11.5 Å². The molecule has 4 amide bonds. The third-order valence-electron chi connectivity index (χ3n) is 8.24. The minimum atomic E-state index is -4.51. The molecular formula is C35H35F6N7O2. The van der Waals surface area contributed by atoms with Gasteiger partial charge in [-0.05, 0) is 121 Å². The average Bonchev–Trinajstić information content (AvgIpc) is 3.05. The van der Waals surface area contributed by atoms with Gasteiger partial charge in [0, 0.05) is 29.1 Å². The molecule has 0 saturated carbocycles. The molecule has 0 bridgehead atoms. The highest BCUT2D eigenvalue weighted by Gasteiger charge is 2.32. The second-order valence-electron chi connectivity index (χ2n) is 12.1. The van der Waals surface area contributed by atoms with Gasteiger partial charge in [-0.25, -0.2) is 14.6 Å². The zero-order valence-corrected chi connectivity index (χ0v) is 26.6. The Morgan fingerprint density at radius 3 is 1.46 bits per heavy atom. The highest BCUT2D eigenvalue weighted by atomic mass is 19.4. The summed E-state index contributed by atoms with van der Waals surface area (Å²) in [6.07, 6.45) is -2.75. The molecule has 0 spiro atoms. The van der Waals surface area contributed by atoms with Crippen LogP contribution in [0.1, 0.15) is 46.4 Å². The molecule has 0 radical (unpaired) electrons. The summed E-state index contributed by atoms with van der Waals surface area (Å²) in [7, 11) is 0. The Kier molecular flexibility index (Phi) is 11.0. The van der Waals surface area contributed by atoms with Crippen LogP contribution < -0.4 is 32.7 Å². The molecular weight excluding hydrogens is 664 g/mol. The van der Waals surface area contributed by atoms with Gasteiger partial charge >= 0.3 is 24.4 Å². The van der Waals surface area contributed by atoms with Crippen molar-refractivity contribution in [2.45, 2.75) is 63.0 Å². The van der Waals surface area contributed by atoms with Gasteiger partial charge in [0.15, 0.2) is 0 Å². The summed E-state index contributed by atoms with van der Waals surface area (Å²) in [4.78, 5) is 27.3. The van der Waals surface area contributed by atoms with Crippen molar-refractivity contribution in [3.63, 3.8) is 0 Å². The first-order valence-electron chi connectivity index (χ1n) is 15.7. The number of fused-ring (bicyclic) bond motifs is 2. The minimum absolute atomic E-state index is 0.168. The van der Waals surface area contributed by atoms with Gasteiger partial charge in [0.05, 0.1) is 17.4 Å². The Bertz CT molecular complexity index is 1680. The standard InChI is InChI=1S/C18H18F3N3O.C17H17F3N4O/c19-18(20,21)13-3-7-15(8-4-13)23-17(25)24-16-6-2-11-9-14(22)5-1-12(11)10-16;18-17(19,20)15-6-5-14(9-22-15)24-16(25)23-13-4-2-10-7-12(21)3-1-11(10)8-13/h2-4,6-8,10,14H,1,5,9,22H2,(H2,23,24,25);2,4-6,8-9,12H,1,3,7,21H2,(H2,23,24,25)/t14-;12-/m00/s1. The summed E-state index contributed by atoms with van der Waals surface area (Å²) in [5.41, 5.74) is 16.5. The molecule has 2 atom stereocenters. The summed E-state index contributed by atoms with van der Waals surface area (Å²) in [5.74, 6) is 0. The molecule has 9 nitrogen and oxygen atoms in total. The van der Waals surface area contributed by atoms with Crippen LogP contribution in [0.15, 0.2) is 79.0 Å². The molecule has 1 aromatic heterocycles. The van der Waals surface area contributed by atoms with Crippen molar-refractivity contribution in [2.75, 3.05) is 21.3 Å². The van der Waals surface area contributed by atoms with Crippen molar-refractivity contribution in [1.29, 1.82) is 0 Å². The molecule has 0 saturated heterocycles. The van der Waals surface area contributed by atoms with E-state index in [4.69, 9.17) is 11.5 Å². The van der Waals surface area contributed by atoms with Crippen molar-refractivity contribution in [3.05, 3.63) is 113 Å². The number of carbonyl (C=O) groups is 2. The summed E-state index contributed by atoms with van der Waals surface area (Å²) in [5, 5.41) is 10.3. The number of alkyl halides is 6. The number of aryl methyl sites for hydroxylation is 2. The molecule has 3 aromatic carbocycles. The minimum Gasteiger partial charge on any atom is -0.327 e. The predicted octanol–water partition coefficient (Wildman–Crippen LogP) is 7.73. The van der Waals surface area contributed by atoms with Crippen LogP contribution in [0.2, 0.25) is 0 Å². The molecule has 2 aliphatic rings. The Labute approximate surface area is 283 Å². The number of amides is 4. The molecule has 264 valence electrons. The first-order valence-corrected chi connectivity index (χ1v) is 15.7. The number of halogens is 6. The molecule has 6 rings (SSSR count). The van der Waals surface area contributed by atoms with Gasteiger partial charge in [0.1, 0.15) is 5.69 Å². The van der Waals surface area contributed by atoms with Gasteiger partial charge in [0.2, 0.25) is 0 Å². The molecule has 15 heteroatoms. The maximum absolute atomic E-state index is 12.5. The maximum atomic E-state index is 12.5. The smallest absolute Gasteiger partial charge is 0.327 e. The van der Waals surface area contributed by atoms with E-state index in [0.29, 0.717) is 11.4 Å². The first-order chi connectivity index (χ1) is 23.6. The lowest BCUT2D eigenvalue weighted by Gasteiger charge is -2.22. The lowest BCUT2D eigenvalue weighted by atomic mass is 9.88. The molecule has 1 heterocycles. The lowest BCUT2D eigenvalue weighted by Crippen LogP contribution is -2.28. The fourth-order valence-corrected chi connectivity index (χ4v) is 5.69. The molecule has 0 unspecified atom stereocenters. The molecule has 8 N–H and O–H groups in total. The highest BCUT2D eigenvalue weighted by Crippen LogP contribution is 2.31. The molecule has 0 fully saturated rings. The van der Waals surface area contributed by atoms with E-state index in [0.717, 1.165) is 80.1 Å². The van der Waals surface area contributed by atoms with Crippen molar-refractivity contribution < 1.29 is 35.9 Å². The fourth-order valence-electron chi connectivity index (χ4n) is 5.69. The number of urea groups is 2. The third kappa shape index (κ3) is 9.95. The van der Waals surface area contributed by atoms with E-state index >= 15 is 0 Å². The second kappa shape index (κ2) is 15.2. The van der Waals surface area contributed by atoms with Crippen LogP contribution in [-0.2, 0) is 38.0 Å². The number of nitrogens with one attached hydrogen (secondary N) is 4. The van der Waals surface area contributed by atoms with Gasteiger partial charge in [0.25, 0.3) is 0 Å². The monoisotopic (exact) mass is 699 g/mol. The summed E-state index contributed by atoms with van der Waals surface area (Å²) >= 11 is 0. The van der Waals surface area contributed by atoms with E-state index in [1.165, 1.54) is 23.3 Å². The molecule has 0 aliphatic heterocycles. The van der Waals surface area contributed by atoms with Gasteiger partial charge in [-0.3, -0.25) is 0 Å². The van der Waals surface area contributed by atoms with E-state index < -0.39 is 35.7 Å². The number of hydrogen-bond donors (Lipinski definition) is 6. The summed E-state index contributed by atoms with van der Waals surface area (Å²) in [6.45, 7) is 0. The van der Waals surface area contributed by atoms with E-state index in [1.54, 1.807) is 12.1 Å². The largest absolute Gasteiger partial charge is 0.433 e. The van der Waals surface area contributed by atoms with E-state index in [1.807, 2.05) is 24.3 Å². The van der Waals surface area contributed by atoms with Crippen LogP contribution in [0.25, 0.3) is 0 Å². The fraction of sp³-hybridized carbons (Fsp3) is 0.286. The number of hydrogen-bond acceptors (Lipinski definition) is 5. The number of pyridine rings is 1. The van der Waals surface area contributed by atoms with Crippen LogP contribution in [0.3, 0.4) is 0 Å². The quantitative estimate of drug-likeness (QED) is 0.121. The predicted molar refractivity (Wildman–Crippen MR) is 179 cm³/mol. The van der Waals surface area contributed by atoms with Gasteiger partial charge in [-0.1, -0.05) is 12.1 Å². The normalized spacial score (nSPS) is 16.9. The van der Waals surface area contributed by atoms with Crippen LogP contribution in [0.4, 0.5) is 58.7 Å². The zero-order chi connectivity index (χ0) is 36.1. The number of nitrogens with two attached hydrogens (primary N) is 2. The Morgan fingerprint density at radius 1 is 0.580 bits per heavy atom. The Morgan fingerprint density at radius 2 is 1.02 bits per heavy atom. The SMILES string of the molecule is N[C@H]1CCc2cc(NC(=O)Nc3ccc(C(F)(F)F)cc3)ccc2C1.N[C@H]1CCc2cc(NC(=O)Nc3ccc(C(F)(F)F)nc3)ccc2C1. The van der Waals surface area contributed by atoms with Crippen molar-refractivity contribution >= 4 is 34.8 Å². The van der Waals surface area contributed by atoms with Gasteiger partial charge in [-0.15, -0.1) is 0 Å². The highest BCUT2D eigenvalue weighted by molar-refractivity contribution is 6.00. The van der Waals surface area contributed by atoms with Crippen molar-refractivity contribution in [3.8, 4) is 0 Å². The zero-order valence-electron chi connectivity index (χ0n) is 26.6. The van der Waals surface area contributed by atoms with E-state index in [-0.39, 0.29) is 23.5 Å². The average molecular weight is 700 g/mol. The van der Waals surface area contributed by atoms with Crippen LogP contribution in [-0.4, -0.2) is 29.1 Å². The van der Waals surface area contributed by atoms with E-state index in [9.17, 15) is 35.9 Å². The van der Waals surface area contributed by atoms with Crippen LogP contribution in [0, 0.1) is 0 Å². The number of rotatable bonds is 4. The number of carbonyl (C=O) groups excluding carboxylic acids is 2. The molecule has 50 heavy (non-hydrogen) atoms. The lowest BCUT2D eigenvalue weighted by molar-refractivity contribution is -0.141. The second-order valence-corrected chi connectivity index (χ2v) is 12.1. The Balaban J connectivity index is 0.000000194. The number of nitrogens with zero attached hydrogens (tertiary/aromatic N) is 1. The number of anilines is 4. The number of aromatic nitrogens is 1. The topological polar surface area (TPSA) is 147 Å². The van der Waals surface area contributed by atoms with Crippen LogP contribution >= 0.6 is 0 Å². The summed E-state index contributed by atoms with van der Waals surface area (Å²) < 4.78 is 75.0. The first kappa shape index (κ1) is 36.1. The Hall–Kier alpha value is -5.15. The van der Waals surface area contributed by atoms with E-state index in [2.05, 4.69) is 26.3 Å². The number of benzene rings is 3. The summed E-state index contributed by atoms with van der Waals surface area (Å²) in [6, 6.07) is 16.8. The molecule has 2 aliphatic carbocycles. The molecule has 4 aromatic rings. The van der Waals surface area contributed by atoms with Gasteiger partial charge in [-0.2, -0.15) is 26.3 Å². The van der Waals surface area contributed by atoms with Crippen LogP contribution in [0.5, 0.6) is 0 Å². The van der Waals surface area contributed by atoms with Gasteiger partial charge < -0.3 is 32.7 Å². The third-order valence-corrected chi connectivity index (χ3v) is 8.24. The maximum Gasteiger partial charge on any atom is 0.433 e. The van der Waals surface area contributed by atoms with Crippen molar-refractivity contribution in [1.82, 2.24) is 4.98 Å².